The van der Waals surface area contributed by atoms with Gasteiger partial charge in [0.25, 0.3) is 0 Å². The third-order valence-electron chi connectivity index (χ3n) is 4.67. The van der Waals surface area contributed by atoms with Crippen LogP contribution in [0.5, 0.6) is 0 Å². The molecular formula is C14H28N2O. The van der Waals surface area contributed by atoms with Crippen molar-refractivity contribution in [3.05, 3.63) is 0 Å². The first-order chi connectivity index (χ1) is 7.92. The molecule has 1 saturated heterocycles. The van der Waals surface area contributed by atoms with Gasteiger partial charge in [0, 0.05) is 18.6 Å². The van der Waals surface area contributed by atoms with Crippen LogP contribution in [0.15, 0.2) is 0 Å². The highest BCUT2D eigenvalue weighted by Crippen LogP contribution is 2.41. The average molecular weight is 240 g/mol. The lowest BCUT2D eigenvalue weighted by Crippen LogP contribution is -2.49. The minimum atomic E-state index is -0.148. The summed E-state index contributed by atoms with van der Waals surface area (Å²) in [7, 11) is 4.29. The van der Waals surface area contributed by atoms with Crippen molar-refractivity contribution in [2.24, 2.45) is 5.41 Å². The molecule has 3 atom stereocenters. The van der Waals surface area contributed by atoms with Gasteiger partial charge in [-0.05, 0) is 51.7 Å². The monoisotopic (exact) mass is 240 g/mol. The van der Waals surface area contributed by atoms with Crippen molar-refractivity contribution in [1.82, 2.24) is 9.80 Å². The van der Waals surface area contributed by atoms with Crippen LogP contribution in [0.1, 0.15) is 39.5 Å². The van der Waals surface area contributed by atoms with Gasteiger partial charge in [-0.25, -0.2) is 0 Å². The molecule has 1 N–H and O–H groups in total. The van der Waals surface area contributed by atoms with Gasteiger partial charge in [0.2, 0.25) is 0 Å². The number of nitrogens with zero attached hydrogens (tertiary/aromatic N) is 2. The molecule has 0 aromatic carbocycles. The molecular weight excluding hydrogens is 212 g/mol. The number of aliphatic hydroxyl groups is 1. The molecule has 3 heteroatoms. The maximum Gasteiger partial charge on any atom is 0.0746 e. The molecule has 1 saturated carbocycles. The predicted octanol–water partition coefficient (Wildman–Crippen LogP) is 1.56. The quantitative estimate of drug-likeness (QED) is 0.811. The second-order valence-corrected chi connectivity index (χ2v) is 6.84. The molecule has 1 aliphatic carbocycles. The molecule has 0 amide bonds. The van der Waals surface area contributed by atoms with E-state index in [1.165, 1.54) is 19.4 Å². The number of hydrogen-bond acceptors (Lipinski definition) is 3. The first-order valence-electron chi connectivity index (χ1n) is 7.00. The number of rotatable bonds is 3. The number of hydrogen-bond donors (Lipinski definition) is 1. The fourth-order valence-electron chi connectivity index (χ4n) is 3.61. The third kappa shape index (κ3) is 2.67. The van der Waals surface area contributed by atoms with E-state index in [1.807, 2.05) is 0 Å². The first kappa shape index (κ1) is 13.3. The molecule has 2 aliphatic rings. The lowest BCUT2D eigenvalue weighted by Gasteiger charge is -2.36. The Balaban J connectivity index is 2.02. The van der Waals surface area contributed by atoms with Crippen LogP contribution in [-0.2, 0) is 0 Å². The Morgan fingerprint density at radius 1 is 1.29 bits per heavy atom. The fraction of sp³-hybridized carbons (Fsp3) is 1.00. The maximum absolute atomic E-state index is 10.5. The van der Waals surface area contributed by atoms with Gasteiger partial charge in [-0.15, -0.1) is 0 Å². The van der Waals surface area contributed by atoms with E-state index in [-0.39, 0.29) is 11.5 Å². The zero-order valence-corrected chi connectivity index (χ0v) is 11.8. The van der Waals surface area contributed by atoms with Gasteiger partial charge in [0.05, 0.1) is 6.10 Å². The smallest absolute Gasteiger partial charge is 0.0746 e. The Morgan fingerprint density at radius 2 is 2.00 bits per heavy atom. The van der Waals surface area contributed by atoms with Crippen LogP contribution in [0.4, 0.5) is 0 Å². The maximum atomic E-state index is 10.5. The Kier molecular flexibility index (Phi) is 3.81. The van der Waals surface area contributed by atoms with Gasteiger partial charge in [0.1, 0.15) is 0 Å². The summed E-state index contributed by atoms with van der Waals surface area (Å²) >= 11 is 0. The standard InChI is InChI=1S/C14H28N2O/c1-14(2)8-7-12(13(14)17)16-9-5-6-11(16)10-15(3)4/h11-13,17H,5-10H2,1-4H3. The van der Waals surface area contributed by atoms with Gasteiger partial charge >= 0.3 is 0 Å². The molecule has 0 bridgehead atoms. The van der Waals surface area contributed by atoms with Gasteiger partial charge in [0.15, 0.2) is 0 Å². The summed E-state index contributed by atoms with van der Waals surface area (Å²) in [5.74, 6) is 0. The molecule has 2 fully saturated rings. The van der Waals surface area contributed by atoms with Crippen LogP contribution in [-0.4, -0.2) is 60.3 Å². The molecule has 100 valence electrons. The summed E-state index contributed by atoms with van der Waals surface area (Å²) < 4.78 is 0. The molecule has 1 heterocycles. The van der Waals surface area contributed by atoms with Crippen molar-refractivity contribution < 1.29 is 5.11 Å². The van der Waals surface area contributed by atoms with Crippen LogP contribution in [0.2, 0.25) is 0 Å². The fourth-order valence-corrected chi connectivity index (χ4v) is 3.61. The van der Waals surface area contributed by atoms with Crippen LogP contribution < -0.4 is 0 Å². The minimum absolute atomic E-state index is 0.107. The zero-order chi connectivity index (χ0) is 12.6. The molecule has 0 aromatic rings. The van der Waals surface area contributed by atoms with Gasteiger partial charge in [-0.2, -0.15) is 0 Å². The highest BCUT2D eigenvalue weighted by atomic mass is 16.3. The van der Waals surface area contributed by atoms with Crippen LogP contribution in [0, 0.1) is 5.41 Å². The van der Waals surface area contributed by atoms with Crippen molar-refractivity contribution in [3.63, 3.8) is 0 Å². The molecule has 0 aromatic heterocycles. The topological polar surface area (TPSA) is 26.7 Å². The highest BCUT2D eigenvalue weighted by Gasteiger charge is 2.45. The summed E-state index contributed by atoms with van der Waals surface area (Å²) in [6, 6.07) is 1.05. The second kappa shape index (κ2) is 4.87. The lowest BCUT2D eigenvalue weighted by molar-refractivity contribution is 0.00699. The van der Waals surface area contributed by atoms with Crippen molar-refractivity contribution in [3.8, 4) is 0 Å². The minimum Gasteiger partial charge on any atom is -0.391 e. The van der Waals surface area contributed by atoms with Crippen molar-refractivity contribution in [2.75, 3.05) is 27.2 Å². The van der Waals surface area contributed by atoms with E-state index in [9.17, 15) is 5.11 Å². The van der Waals surface area contributed by atoms with Crippen LogP contribution >= 0.6 is 0 Å². The predicted molar refractivity (Wildman–Crippen MR) is 71.1 cm³/mol. The molecule has 17 heavy (non-hydrogen) atoms. The molecule has 3 nitrogen and oxygen atoms in total. The van der Waals surface area contributed by atoms with Gasteiger partial charge < -0.3 is 10.0 Å². The summed E-state index contributed by atoms with van der Waals surface area (Å²) in [6.07, 6.45) is 4.76. The van der Waals surface area contributed by atoms with E-state index in [0.29, 0.717) is 12.1 Å². The molecule has 0 radical (unpaired) electrons. The van der Waals surface area contributed by atoms with E-state index in [4.69, 9.17) is 0 Å². The SMILES string of the molecule is CN(C)CC1CCCN1C1CCC(C)(C)C1O. The van der Waals surface area contributed by atoms with E-state index in [1.54, 1.807) is 0 Å². The van der Waals surface area contributed by atoms with Gasteiger partial charge in [-0.1, -0.05) is 13.8 Å². The Bertz CT molecular complexity index is 265. The van der Waals surface area contributed by atoms with E-state index in [0.717, 1.165) is 19.4 Å². The average Bonchev–Trinajstić information content (AvgIpc) is 2.74. The normalized spacial score (nSPS) is 38.1. The number of aliphatic hydroxyl groups excluding tert-OH is 1. The summed E-state index contributed by atoms with van der Waals surface area (Å²) in [5.41, 5.74) is 0.107. The summed E-state index contributed by atoms with van der Waals surface area (Å²) in [6.45, 7) is 6.71. The largest absolute Gasteiger partial charge is 0.391 e. The van der Waals surface area contributed by atoms with E-state index >= 15 is 0 Å². The summed E-state index contributed by atoms with van der Waals surface area (Å²) in [5, 5.41) is 10.5. The third-order valence-corrected chi connectivity index (χ3v) is 4.67. The van der Waals surface area contributed by atoms with Crippen LogP contribution in [0.25, 0.3) is 0 Å². The zero-order valence-electron chi connectivity index (χ0n) is 11.8. The van der Waals surface area contributed by atoms with E-state index in [2.05, 4.69) is 37.7 Å². The molecule has 1 aliphatic heterocycles. The lowest BCUT2D eigenvalue weighted by atomic mass is 9.88. The highest BCUT2D eigenvalue weighted by molar-refractivity contribution is 4.99. The van der Waals surface area contributed by atoms with Crippen molar-refractivity contribution in [2.45, 2.75) is 57.7 Å². The molecule has 0 spiro atoms. The molecule has 3 unspecified atom stereocenters. The Hall–Kier alpha value is -0.120. The van der Waals surface area contributed by atoms with E-state index < -0.39 is 0 Å². The van der Waals surface area contributed by atoms with Crippen molar-refractivity contribution >= 4 is 0 Å². The summed E-state index contributed by atoms with van der Waals surface area (Å²) in [4.78, 5) is 4.86. The van der Waals surface area contributed by atoms with Gasteiger partial charge in [-0.3, -0.25) is 4.90 Å². The van der Waals surface area contributed by atoms with Crippen molar-refractivity contribution in [1.29, 1.82) is 0 Å². The second-order valence-electron chi connectivity index (χ2n) is 6.84. The molecule has 2 rings (SSSR count). The number of likely N-dealkylation sites (tertiary alicyclic amines) is 1. The van der Waals surface area contributed by atoms with Crippen LogP contribution in [0.3, 0.4) is 0 Å². The Morgan fingerprint density at radius 3 is 2.53 bits per heavy atom. The Labute approximate surface area is 106 Å². The first-order valence-corrected chi connectivity index (χ1v) is 7.00. The number of likely N-dealkylation sites (N-methyl/N-ethyl adjacent to an activating group) is 1.